The van der Waals surface area contributed by atoms with E-state index in [2.05, 4.69) is 14.4 Å². The van der Waals surface area contributed by atoms with Crippen LogP contribution in [-0.2, 0) is 0 Å². The molecule has 5 nitrogen and oxygen atoms in total. The first-order valence-corrected chi connectivity index (χ1v) is 11.2. The Morgan fingerprint density at radius 1 is 1.18 bits per heavy atom. The molecular formula is C20H21F2IN2O3. The van der Waals surface area contributed by atoms with Crippen LogP contribution in [-0.4, -0.2) is 26.4 Å². The molecule has 1 atom stereocenters. The second kappa shape index (κ2) is 8.52. The van der Waals surface area contributed by atoms with E-state index in [1.807, 2.05) is 26.0 Å². The van der Waals surface area contributed by atoms with E-state index in [9.17, 15) is 8.78 Å². The molecule has 0 saturated heterocycles. The van der Waals surface area contributed by atoms with Crippen molar-refractivity contribution in [3.8, 4) is 22.8 Å². The van der Waals surface area contributed by atoms with E-state index in [4.69, 9.17) is 15.0 Å². The van der Waals surface area contributed by atoms with Crippen LogP contribution in [0, 0.1) is 5.92 Å². The summed E-state index contributed by atoms with van der Waals surface area (Å²) in [5, 5.41) is 4.69. The summed E-state index contributed by atoms with van der Waals surface area (Å²) in [5.74, 6) is 0.772. The van der Waals surface area contributed by atoms with Crippen molar-refractivity contribution in [2.75, 3.05) is 6.61 Å². The number of halogens is 3. The molecule has 2 N–H and O–H groups in total. The lowest BCUT2D eigenvalue weighted by Crippen LogP contribution is -2.33. The number of aromatic nitrogens is 1. The van der Waals surface area contributed by atoms with Crippen molar-refractivity contribution in [2.24, 2.45) is 11.7 Å². The van der Waals surface area contributed by atoms with Gasteiger partial charge in [0.05, 0.1) is 5.39 Å². The fraction of sp³-hybridized carbons (Fsp3) is 0.300. The number of fused-ring (bicyclic) bond motifs is 1. The van der Waals surface area contributed by atoms with Gasteiger partial charge in [0.15, 0.2) is 5.58 Å². The Kier molecular flexibility index (Phi) is 6.29. The smallest absolute Gasteiger partial charge is 0.445 e. The SMILES string of the molecule is C=IC(F)(F)Oc1ccc(-c2ccc3onc(OC[C@@H](N)C(C)C)c3c2)cc1. The molecule has 0 unspecified atom stereocenters. The second-order valence-electron chi connectivity index (χ2n) is 6.62. The van der Waals surface area contributed by atoms with Gasteiger partial charge < -0.3 is 19.7 Å². The molecular weight excluding hydrogens is 481 g/mol. The van der Waals surface area contributed by atoms with Gasteiger partial charge in [-0.2, -0.15) is 8.78 Å². The number of nitrogens with two attached hydrogens (primary N) is 1. The van der Waals surface area contributed by atoms with Crippen LogP contribution >= 0.6 is 20.7 Å². The maximum atomic E-state index is 13.3. The molecule has 0 amide bonds. The summed E-state index contributed by atoms with van der Waals surface area (Å²) in [6, 6.07) is 11.9. The Labute approximate surface area is 171 Å². The molecule has 3 aromatic rings. The summed E-state index contributed by atoms with van der Waals surface area (Å²) < 4.78 is 42.5. The molecule has 150 valence electrons. The maximum Gasteiger partial charge on any atom is 0.445 e. The minimum atomic E-state index is -3.18. The van der Waals surface area contributed by atoms with Crippen molar-refractivity contribution in [2.45, 2.75) is 24.0 Å². The van der Waals surface area contributed by atoms with Crippen LogP contribution in [0.1, 0.15) is 13.8 Å². The van der Waals surface area contributed by atoms with Gasteiger partial charge in [0, 0.05) is 26.8 Å². The molecule has 8 heteroatoms. The molecule has 0 radical (unpaired) electrons. The monoisotopic (exact) mass is 502 g/mol. The van der Waals surface area contributed by atoms with E-state index >= 15 is 0 Å². The van der Waals surface area contributed by atoms with E-state index in [0.29, 0.717) is 18.1 Å². The first-order valence-electron chi connectivity index (χ1n) is 8.63. The van der Waals surface area contributed by atoms with Crippen LogP contribution < -0.4 is 15.2 Å². The minimum absolute atomic E-state index is 0.106. The Morgan fingerprint density at radius 3 is 2.50 bits per heavy atom. The van der Waals surface area contributed by atoms with E-state index in [1.54, 1.807) is 18.2 Å². The molecule has 1 aromatic heterocycles. The molecule has 1 heterocycles. The van der Waals surface area contributed by atoms with Crippen LogP contribution in [0.3, 0.4) is 0 Å². The average Bonchev–Trinajstić information content (AvgIpc) is 3.08. The number of hydrogen-bond acceptors (Lipinski definition) is 5. The highest BCUT2D eigenvalue weighted by Gasteiger charge is 2.27. The van der Waals surface area contributed by atoms with Gasteiger partial charge in [0.1, 0.15) is 12.4 Å². The van der Waals surface area contributed by atoms with Crippen LogP contribution in [0.5, 0.6) is 11.6 Å². The van der Waals surface area contributed by atoms with Gasteiger partial charge in [0.25, 0.3) is 5.88 Å². The Hall–Kier alpha value is -2.07. The van der Waals surface area contributed by atoms with Crippen LogP contribution in [0.2, 0.25) is 0 Å². The van der Waals surface area contributed by atoms with E-state index in [0.717, 1.165) is 16.5 Å². The zero-order valence-corrected chi connectivity index (χ0v) is 17.7. The molecule has 0 saturated carbocycles. The molecule has 28 heavy (non-hydrogen) atoms. The van der Waals surface area contributed by atoms with Gasteiger partial charge in [0.2, 0.25) is 0 Å². The van der Waals surface area contributed by atoms with Crippen LogP contribution in [0.15, 0.2) is 47.0 Å². The third-order valence-electron chi connectivity index (χ3n) is 4.28. The van der Waals surface area contributed by atoms with E-state index in [1.165, 1.54) is 12.1 Å². The second-order valence-corrected chi connectivity index (χ2v) is 8.64. The molecule has 0 spiro atoms. The summed E-state index contributed by atoms with van der Waals surface area (Å²) in [6.45, 7) is 4.38. The fourth-order valence-corrected chi connectivity index (χ4v) is 2.85. The molecule has 0 fully saturated rings. The van der Waals surface area contributed by atoms with E-state index < -0.39 is 24.8 Å². The fourth-order valence-electron chi connectivity index (χ4n) is 2.44. The standard InChI is InChI=1S/C20H21F2IN2O3/c1-12(2)17(24)11-26-19-16-10-14(6-9-18(16)28-25-19)13-4-7-15(8-5-13)27-20(21,22)23-3/h4-10,12,17H,3,11,24H2,1-2H3/t17-/m1/s1. The predicted molar refractivity (Wildman–Crippen MR) is 114 cm³/mol. The van der Waals surface area contributed by atoms with Crippen molar-refractivity contribution in [1.29, 1.82) is 0 Å². The average molecular weight is 502 g/mol. The maximum absolute atomic E-state index is 13.3. The third-order valence-corrected chi connectivity index (χ3v) is 5.39. The number of nitrogens with zero attached hydrogens (tertiary/aromatic N) is 1. The van der Waals surface area contributed by atoms with Gasteiger partial charge in [-0.15, -0.1) is 0 Å². The number of benzene rings is 2. The van der Waals surface area contributed by atoms with E-state index in [-0.39, 0.29) is 17.7 Å². The molecule has 0 bridgehead atoms. The Morgan fingerprint density at radius 2 is 1.86 bits per heavy atom. The molecule has 2 aromatic carbocycles. The number of alkyl halides is 3. The third kappa shape index (κ3) is 4.85. The lowest BCUT2D eigenvalue weighted by Gasteiger charge is -2.15. The lowest BCUT2D eigenvalue weighted by molar-refractivity contribution is -0.0692. The highest BCUT2D eigenvalue weighted by atomic mass is 127. The zero-order chi connectivity index (χ0) is 20.3. The summed E-state index contributed by atoms with van der Waals surface area (Å²) in [6.07, 6.45) is 0. The largest absolute Gasteiger partial charge is 0.473 e. The van der Waals surface area contributed by atoms with Gasteiger partial charge in [-0.1, -0.05) is 36.6 Å². The van der Waals surface area contributed by atoms with Gasteiger partial charge in [-0.05, 0) is 46.5 Å². The molecule has 0 aliphatic carbocycles. The Balaban J connectivity index is 1.81. The van der Waals surface area contributed by atoms with Gasteiger partial charge >= 0.3 is 4.12 Å². The van der Waals surface area contributed by atoms with Crippen molar-refractivity contribution in [3.05, 3.63) is 42.5 Å². The summed E-state index contributed by atoms with van der Waals surface area (Å²) >= 11 is -1.59. The number of hydrogen-bond donors (Lipinski definition) is 1. The quantitative estimate of drug-likeness (QED) is 0.339. The van der Waals surface area contributed by atoms with Crippen LogP contribution in [0.4, 0.5) is 8.78 Å². The predicted octanol–water partition coefficient (Wildman–Crippen LogP) is 5.19. The first-order chi connectivity index (χ1) is 13.3. The van der Waals surface area contributed by atoms with Crippen molar-refractivity contribution >= 4 is 36.2 Å². The lowest BCUT2D eigenvalue weighted by atomic mass is 10.0. The topological polar surface area (TPSA) is 70.5 Å². The Bertz CT molecular complexity index is 958. The summed E-state index contributed by atoms with van der Waals surface area (Å²) in [7, 11) is 0. The zero-order valence-electron chi connectivity index (χ0n) is 15.5. The molecule has 0 aliphatic rings. The molecule has 3 rings (SSSR count). The van der Waals surface area contributed by atoms with Gasteiger partial charge in [-0.3, -0.25) is 0 Å². The van der Waals surface area contributed by atoms with Crippen molar-refractivity contribution in [3.63, 3.8) is 0 Å². The van der Waals surface area contributed by atoms with Crippen LogP contribution in [0.25, 0.3) is 22.1 Å². The van der Waals surface area contributed by atoms with Crippen molar-refractivity contribution in [1.82, 2.24) is 5.16 Å². The highest BCUT2D eigenvalue weighted by molar-refractivity contribution is 14.2. The minimum Gasteiger partial charge on any atom is -0.473 e. The molecule has 0 aliphatic heterocycles. The van der Waals surface area contributed by atoms with Gasteiger partial charge in [-0.25, -0.2) is 0 Å². The van der Waals surface area contributed by atoms with Crippen molar-refractivity contribution < 1.29 is 22.8 Å². The highest BCUT2D eigenvalue weighted by Crippen LogP contribution is 2.33. The first kappa shape index (κ1) is 20.7. The number of ether oxygens (including phenoxy) is 2. The number of rotatable bonds is 8. The summed E-state index contributed by atoms with van der Waals surface area (Å²) in [4.78, 5) is 0. The normalized spacial score (nSPS) is 13.1. The summed E-state index contributed by atoms with van der Waals surface area (Å²) in [5.41, 5.74) is 8.32.